The monoisotopic (exact) mass is 262 g/mol. The number of carbonyl (C=O) groups excluding carboxylic acids is 1. The van der Waals surface area contributed by atoms with E-state index in [4.69, 9.17) is 0 Å². The summed E-state index contributed by atoms with van der Waals surface area (Å²) >= 11 is 0. The van der Waals surface area contributed by atoms with Crippen molar-refractivity contribution < 1.29 is 4.79 Å². The first kappa shape index (κ1) is 15.7. The largest absolute Gasteiger partial charge is 0.358 e. The van der Waals surface area contributed by atoms with E-state index < -0.39 is 0 Å². The highest BCUT2D eigenvalue weighted by molar-refractivity contribution is 5.81. The van der Waals surface area contributed by atoms with Gasteiger partial charge >= 0.3 is 0 Å². The molecule has 0 aromatic heterocycles. The van der Waals surface area contributed by atoms with Crippen LogP contribution in [0.25, 0.3) is 0 Å². The third-order valence-corrected chi connectivity index (χ3v) is 3.15. The smallest absolute Gasteiger partial charge is 0.236 e. The number of hydrogen-bond acceptors (Lipinski definition) is 2. The van der Waals surface area contributed by atoms with Crippen molar-refractivity contribution in [3.63, 3.8) is 0 Å². The van der Waals surface area contributed by atoms with Gasteiger partial charge in [-0.05, 0) is 37.3 Å². The van der Waals surface area contributed by atoms with E-state index in [1.807, 2.05) is 6.07 Å². The summed E-state index contributed by atoms with van der Waals surface area (Å²) in [6.45, 7) is 5.16. The van der Waals surface area contributed by atoms with Gasteiger partial charge < -0.3 is 10.6 Å². The Hall–Kier alpha value is -1.35. The molecule has 0 aliphatic carbocycles. The number of likely N-dealkylation sites (N-methyl/N-ethyl adjacent to an activating group) is 1. The van der Waals surface area contributed by atoms with E-state index in [1.54, 1.807) is 7.05 Å². The van der Waals surface area contributed by atoms with Crippen molar-refractivity contribution in [3.05, 3.63) is 35.9 Å². The summed E-state index contributed by atoms with van der Waals surface area (Å²) in [6, 6.07) is 10.4. The van der Waals surface area contributed by atoms with Crippen LogP contribution in [0.5, 0.6) is 0 Å². The van der Waals surface area contributed by atoms with Crippen LogP contribution in [-0.4, -0.2) is 25.5 Å². The van der Waals surface area contributed by atoms with Gasteiger partial charge in [-0.3, -0.25) is 4.79 Å². The van der Waals surface area contributed by atoms with Crippen molar-refractivity contribution >= 4 is 5.91 Å². The van der Waals surface area contributed by atoms with Crippen LogP contribution in [0.1, 0.15) is 32.3 Å². The number of nitrogens with one attached hydrogen (secondary N) is 2. The molecule has 0 bridgehead atoms. The molecule has 0 aliphatic rings. The fourth-order valence-electron chi connectivity index (χ4n) is 2.14. The molecule has 0 spiro atoms. The molecule has 19 heavy (non-hydrogen) atoms. The van der Waals surface area contributed by atoms with E-state index in [0.29, 0.717) is 5.92 Å². The maximum absolute atomic E-state index is 11.7. The lowest BCUT2D eigenvalue weighted by atomic mass is 10.0. The molecule has 1 aromatic rings. The van der Waals surface area contributed by atoms with Crippen molar-refractivity contribution in [2.45, 2.75) is 39.2 Å². The highest BCUT2D eigenvalue weighted by Gasteiger charge is 2.17. The number of hydrogen-bond donors (Lipinski definition) is 2. The molecule has 3 nitrogen and oxygen atoms in total. The average molecular weight is 262 g/mol. The lowest BCUT2D eigenvalue weighted by Gasteiger charge is -2.19. The van der Waals surface area contributed by atoms with Crippen LogP contribution in [0.3, 0.4) is 0 Å². The van der Waals surface area contributed by atoms with Gasteiger partial charge in [0.2, 0.25) is 5.91 Å². The van der Waals surface area contributed by atoms with E-state index in [-0.39, 0.29) is 11.9 Å². The normalized spacial score (nSPS) is 12.4. The topological polar surface area (TPSA) is 41.1 Å². The van der Waals surface area contributed by atoms with Crippen molar-refractivity contribution in [1.82, 2.24) is 10.6 Å². The first-order valence-corrected chi connectivity index (χ1v) is 7.12. The van der Waals surface area contributed by atoms with Gasteiger partial charge in [-0.2, -0.15) is 0 Å². The van der Waals surface area contributed by atoms with Crippen molar-refractivity contribution in [1.29, 1.82) is 0 Å². The van der Waals surface area contributed by atoms with E-state index in [0.717, 1.165) is 25.8 Å². The molecule has 2 N–H and O–H groups in total. The van der Waals surface area contributed by atoms with Gasteiger partial charge in [0.15, 0.2) is 0 Å². The fourth-order valence-corrected chi connectivity index (χ4v) is 2.14. The number of carbonyl (C=O) groups is 1. The molecule has 1 rings (SSSR count). The van der Waals surface area contributed by atoms with Gasteiger partial charge in [0.05, 0.1) is 6.04 Å². The van der Waals surface area contributed by atoms with Gasteiger partial charge in [-0.25, -0.2) is 0 Å². The maximum atomic E-state index is 11.7. The van der Waals surface area contributed by atoms with Gasteiger partial charge in [0.25, 0.3) is 0 Å². The fraction of sp³-hybridized carbons (Fsp3) is 0.562. The average Bonchev–Trinajstić information content (AvgIpc) is 2.42. The Balaban J connectivity index is 2.30. The second kappa shape index (κ2) is 8.70. The predicted molar refractivity (Wildman–Crippen MR) is 80.1 cm³/mol. The molecule has 0 saturated carbocycles. The van der Waals surface area contributed by atoms with Crippen molar-refractivity contribution in [3.8, 4) is 0 Å². The standard InChI is InChI=1S/C16H26N2O/c1-13(2)12-15(16(19)17-3)18-11-7-10-14-8-5-4-6-9-14/h4-6,8-9,13,15,18H,7,10-12H2,1-3H3,(H,17,19). The second-order valence-electron chi connectivity index (χ2n) is 5.34. The van der Waals surface area contributed by atoms with Crippen LogP contribution in [0, 0.1) is 5.92 Å². The van der Waals surface area contributed by atoms with E-state index >= 15 is 0 Å². The maximum Gasteiger partial charge on any atom is 0.236 e. The lowest BCUT2D eigenvalue weighted by molar-refractivity contribution is -0.123. The Morgan fingerprint density at radius 1 is 1.21 bits per heavy atom. The highest BCUT2D eigenvalue weighted by Crippen LogP contribution is 2.06. The number of rotatable bonds is 8. The quantitative estimate of drug-likeness (QED) is 0.706. The van der Waals surface area contributed by atoms with E-state index in [1.165, 1.54) is 5.56 Å². The Bertz CT molecular complexity index is 362. The van der Waals surface area contributed by atoms with Crippen molar-refractivity contribution in [2.75, 3.05) is 13.6 Å². The lowest BCUT2D eigenvalue weighted by Crippen LogP contribution is -2.44. The molecule has 3 heteroatoms. The van der Waals surface area contributed by atoms with Gasteiger partial charge in [0.1, 0.15) is 0 Å². The molecular weight excluding hydrogens is 236 g/mol. The number of aryl methyl sites for hydroxylation is 1. The highest BCUT2D eigenvalue weighted by atomic mass is 16.2. The second-order valence-corrected chi connectivity index (χ2v) is 5.34. The molecule has 1 amide bonds. The molecular formula is C16H26N2O. The van der Waals surface area contributed by atoms with E-state index in [9.17, 15) is 4.79 Å². The van der Waals surface area contributed by atoms with Crippen molar-refractivity contribution in [2.24, 2.45) is 5.92 Å². The van der Waals surface area contributed by atoms with Gasteiger partial charge in [-0.1, -0.05) is 44.2 Å². The van der Waals surface area contributed by atoms with Gasteiger partial charge in [0, 0.05) is 7.05 Å². The molecule has 0 radical (unpaired) electrons. The summed E-state index contributed by atoms with van der Waals surface area (Å²) in [5.74, 6) is 0.609. The Morgan fingerprint density at radius 3 is 2.47 bits per heavy atom. The molecule has 0 fully saturated rings. The molecule has 0 aliphatic heterocycles. The third-order valence-electron chi connectivity index (χ3n) is 3.15. The SMILES string of the molecule is CNC(=O)C(CC(C)C)NCCCc1ccccc1. The Labute approximate surface area is 116 Å². The third kappa shape index (κ3) is 6.39. The summed E-state index contributed by atoms with van der Waals surface area (Å²) in [5.41, 5.74) is 1.35. The van der Waals surface area contributed by atoms with Crippen LogP contribution < -0.4 is 10.6 Å². The predicted octanol–water partition coefficient (Wildman–Crippen LogP) is 2.37. The zero-order valence-corrected chi connectivity index (χ0v) is 12.3. The Kier molecular flexibility index (Phi) is 7.19. The molecule has 1 aromatic carbocycles. The first-order chi connectivity index (χ1) is 9.13. The summed E-state index contributed by atoms with van der Waals surface area (Å²) < 4.78 is 0. The van der Waals surface area contributed by atoms with Crippen LogP contribution in [0.4, 0.5) is 0 Å². The van der Waals surface area contributed by atoms with Gasteiger partial charge in [-0.15, -0.1) is 0 Å². The van der Waals surface area contributed by atoms with Crippen LogP contribution in [0.2, 0.25) is 0 Å². The van der Waals surface area contributed by atoms with Crippen LogP contribution in [-0.2, 0) is 11.2 Å². The summed E-state index contributed by atoms with van der Waals surface area (Å²) in [7, 11) is 1.70. The molecule has 0 saturated heterocycles. The minimum absolute atomic E-state index is 0.0687. The summed E-state index contributed by atoms with van der Waals surface area (Å²) in [5, 5.41) is 6.09. The minimum atomic E-state index is -0.0687. The molecule has 1 unspecified atom stereocenters. The summed E-state index contributed by atoms with van der Waals surface area (Å²) in [4.78, 5) is 11.7. The summed E-state index contributed by atoms with van der Waals surface area (Å²) in [6.07, 6.45) is 2.98. The zero-order valence-electron chi connectivity index (χ0n) is 12.3. The molecule has 106 valence electrons. The molecule has 0 heterocycles. The number of amides is 1. The zero-order chi connectivity index (χ0) is 14.1. The van der Waals surface area contributed by atoms with Crippen LogP contribution >= 0.6 is 0 Å². The Morgan fingerprint density at radius 2 is 1.89 bits per heavy atom. The number of benzene rings is 1. The van der Waals surface area contributed by atoms with Crippen LogP contribution in [0.15, 0.2) is 30.3 Å². The minimum Gasteiger partial charge on any atom is -0.358 e. The first-order valence-electron chi connectivity index (χ1n) is 7.12. The molecule has 1 atom stereocenters. The van der Waals surface area contributed by atoms with E-state index in [2.05, 4.69) is 48.7 Å².